The topological polar surface area (TPSA) is 99.6 Å². The van der Waals surface area contributed by atoms with E-state index in [1.54, 1.807) is 12.1 Å². The van der Waals surface area contributed by atoms with E-state index in [0.717, 1.165) is 29.1 Å². The van der Waals surface area contributed by atoms with Crippen molar-refractivity contribution in [1.29, 1.82) is 0 Å². The molecule has 0 saturated heterocycles. The monoisotopic (exact) mass is 526 g/mol. The number of rotatable bonds is 6. The molecule has 12 heteroatoms. The van der Waals surface area contributed by atoms with E-state index in [2.05, 4.69) is 16.0 Å². The number of hydrogen-bond donors (Lipinski definition) is 0. The Hall–Kier alpha value is -4.69. The number of hydrogen-bond acceptors (Lipinski definition) is 6. The Morgan fingerprint density at radius 3 is 2.65 bits per heavy atom. The van der Waals surface area contributed by atoms with E-state index in [9.17, 15) is 28.1 Å². The Balaban J connectivity index is 1.96. The zero-order valence-corrected chi connectivity index (χ0v) is 19.3. The number of nitro benzene ring substituents is 1. The van der Waals surface area contributed by atoms with E-state index < -0.39 is 27.9 Å². The van der Waals surface area contributed by atoms with E-state index >= 15 is 0 Å². The molecule has 3 aromatic carbocycles. The van der Waals surface area contributed by atoms with Gasteiger partial charge in [0.05, 0.1) is 27.6 Å². The summed E-state index contributed by atoms with van der Waals surface area (Å²) in [5.41, 5.74) is -1.91. The van der Waals surface area contributed by atoms with Gasteiger partial charge in [-0.05, 0) is 30.3 Å². The summed E-state index contributed by atoms with van der Waals surface area (Å²) in [5, 5.41) is 15.8. The second-order valence-corrected chi connectivity index (χ2v) is 7.92. The van der Waals surface area contributed by atoms with Crippen LogP contribution in [0.25, 0.3) is 22.3 Å². The van der Waals surface area contributed by atoms with Crippen molar-refractivity contribution in [2.24, 2.45) is 5.10 Å². The van der Waals surface area contributed by atoms with Crippen molar-refractivity contribution in [3.8, 4) is 29.5 Å². The lowest BCUT2D eigenvalue weighted by Crippen LogP contribution is -2.20. The van der Waals surface area contributed by atoms with Crippen molar-refractivity contribution in [3.63, 3.8) is 0 Å². The summed E-state index contributed by atoms with van der Waals surface area (Å²) in [7, 11) is 0. The molecule has 4 aromatic rings. The van der Waals surface area contributed by atoms with Crippen LogP contribution in [0.5, 0.6) is 5.75 Å². The number of alkyl halides is 3. The average Bonchev–Trinajstić information content (AvgIpc) is 2.86. The number of terminal acetylenes is 1. The maximum absolute atomic E-state index is 13.4. The molecule has 1 aromatic heterocycles. The normalized spacial score (nSPS) is 11.5. The fourth-order valence-corrected chi connectivity index (χ4v) is 3.70. The van der Waals surface area contributed by atoms with Gasteiger partial charge in [-0.2, -0.15) is 22.9 Å². The van der Waals surface area contributed by atoms with Crippen molar-refractivity contribution in [2.45, 2.75) is 6.18 Å². The number of halogens is 4. The summed E-state index contributed by atoms with van der Waals surface area (Å²) in [6, 6.07) is 12.9. The number of nitrogens with zero attached hydrogens (tertiary/aromatic N) is 4. The Bertz CT molecular complexity index is 1660. The van der Waals surface area contributed by atoms with Crippen molar-refractivity contribution < 1.29 is 22.8 Å². The van der Waals surface area contributed by atoms with Crippen LogP contribution < -0.4 is 10.3 Å². The molecule has 1 heterocycles. The number of benzene rings is 3. The molecule has 186 valence electrons. The van der Waals surface area contributed by atoms with Crippen molar-refractivity contribution in [3.05, 3.63) is 97.3 Å². The number of aromatic nitrogens is 2. The summed E-state index contributed by atoms with van der Waals surface area (Å²) < 4.78 is 46.2. The van der Waals surface area contributed by atoms with Gasteiger partial charge in [-0.1, -0.05) is 41.8 Å². The summed E-state index contributed by atoms with van der Waals surface area (Å²) in [6.07, 6.45) is 1.63. The smallest absolute Gasteiger partial charge is 0.416 e. The van der Waals surface area contributed by atoms with Gasteiger partial charge in [-0.15, -0.1) is 6.42 Å². The summed E-state index contributed by atoms with van der Waals surface area (Å²) in [4.78, 5) is 28.5. The van der Waals surface area contributed by atoms with Crippen LogP contribution in [0, 0.1) is 22.5 Å². The van der Waals surface area contributed by atoms with E-state index in [1.165, 1.54) is 30.3 Å². The quantitative estimate of drug-likeness (QED) is 0.142. The highest BCUT2D eigenvalue weighted by molar-refractivity contribution is 6.31. The highest BCUT2D eigenvalue weighted by Gasteiger charge is 2.31. The van der Waals surface area contributed by atoms with E-state index in [1.807, 2.05) is 0 Å². The largest absolute Gasteiger partial charge is 0.473 e. The van der Waals surface area contributed by atoms with Crippen molar-refractivity contribution in [1.82, 2.24) is 9.66 Å². The number of para-hydroxylation sites is 1. The molecule has 0 bridgehead atoms. The zero-order valence-electron chi connectivity index (χ0n) is 18.6. The molecule has 0 aliphatic carbocycles. The molecule has 0 radical (unpaired) electrons. The van der Waals surface area contributed by atoms with Crippen LogP contribution in [0.1, 0.15) is 11.1 Å². The molecule has 0 aliphatic heterocycles. The van der Waals surface area contributed by atoms with Gasteiger partial charge in [0.2, 0.25) is 5.75 Å². The second-order valence-electron chi connectivity index (χ2n) is 7.49. The molecule has 4 rings (SSSR count). The maximum Gasteiger partial charge on any atom is 0.416 e. The maximum atomic E-state index is 13.4. The molecule has 0 aliphatic rings. The molecule has 37 heavy (non-hydrogen) atoms. The third kappa shape index (κ3) is 5.29. The standard InChI is InChI=1S/C25H14ClF3N4O4/c1-2-10-37-22-16(12-18(26)13-21(22)33(35)36)14-30-32-23(15-6-5-7-17(11-15)25(27,28)29)31-20-9-4-3-8-19(20)24(32)34/h1,3-9,11-14H,10H2. The molecular weight excluding hydrogens is 513 g/mol. The fourth-order valence-electron chi connectivity index (χ4n) is 3.47. The van der Waals surface area contributed by atoms with E-state index in [4.69, 9.17) is 22.8 Å². The van der Waals surface area contributed by atoms with Crippen LogP contribution in [0.2, 0.25) is 5.02 Å². The highest BCUT2D eigenvalue weighted by Crippen LogP contribution is 2.34. The molecule has 0 N–H and O–H groups in total. The van der Waals surface area contributed by atoms with Gasteiger partial charge < -0.3 is 4.74 Å². The molecular formula is C25H14ClF3N4O4. The van der Waals surface area contributed by atoms with Crippen LogP contribution in [-0.2, 0) is 6.18 Å². The van der Waals surface area contributed by atoms with E-state index in [0.29, 0.717) is 0 Å². The first kappa shape index (κ1) is 25.4. The van der Waals surface area contributed by atoms with Crippen molar-refractivity contribution in [2.75, 3.05) is 6.61 Å². The van der Waals surface area contributed by atoms with Crippen LogP contribution in [-0.4, -0.2) is 27.4 Å². The molecule has 0 fully saturated rings. The third-order valence-electron chi connectivity index (χ3n) is 5.07. The number of nitro groups is 1. The minimum Gasteiger partial charge on any atom is -0.473 e. The van der Waals surface area contributed by atoms with Gasteiger partial charge in [-0.3, -0.25) is 14.9 Å². The molecule has 8 nitrogen and oxygen atoms in total. The minimum atomic E-state index is -4.63. The number of ether oxygens (including phenoxy) is 1. The Morgan fingerprint density at radius 2 is 1.95 bits per heavy atom. The average molecular weight is 527 g/mol. The molecule has 0 spiro atoms. The zero-order chi connectivity index (χ0) is 26.7. The van der Waals surface area contributed by atoms with Crippen LogP contribution in [0.15, 0.2) is 70.6 Å². The first-order valence-electron chi connectivity index (χ1n) is 10.4. The van der Waals surface area contributed by atoms with Gasteiger partial charge in [-0.25, -0.2) is 4.98 Å². The van der Waals surface area contributed by atoms with Gasteiger partial charge in [0.1, 0.15) is 6.61 Å². The molecule has 0 saturated carbocycles. The summed E-state index contributed by atoms with van der Waals surface area (Å²) >= 11 is 6.03. The second kappa shape index (κ2) is 10.1. The van der Waals surface area contributed by atoms with Gasteiger partial charge in [0, 0.05) is 22.2 Å². The van der Waals surface area contributed by atoms with Gasteiger partial charge in [0.25, 0.3) is 5.56 Å². The lowest BCUT2D eigenvalue weighted by Gasteiger charge is -2.12. The van der Waals surface area contributed by atoms with Crippen LogP contribution in [0.3, 0.4) is 0 Å². The lowest BCUT2D eigenvalue weighted by atomic mass is 10.1. The summed E-state index contributed by atoms with van der Waals surface area (Å²) in [6.45, 7) is -0.309. The first-order valence-corrected chi connectivity index (χ1v) is 10.8. The van der Waals surface area contributed by atoms with Crippen molar-refractivity contribution >= 4 is 34.4 Å². The fraction of sp³-hybridized carbons (Fsp3) is 0.0800. The Morgan fingerprint density at radius 1 is 1.19 bits per heavy atom. The van der Waals surface area contributed by atoms with Gasteiger partial charge in [0.15, 0.2) is 5.82 Å². The predicted octanol–water partition coefficient (Wildman–Crippen LogP) is 5.54. The minimum absolute atomic E-state index is 0.00417. The number of fused-ring (bicyclic) bond motifs is 1. The summed E-state index contributed by atoms with van der Waals surface area (Å²) in [5.74, 6) is 1.76. The molecule has 0 unspecified atom stereocenters. The van der Waals surface area contributed by atoms with Crippen LogP contribution in [0.4, 0.5) is 18.9 Å². The highest BCUT2D eigenvalue weighted by atomic mass is 35.5. The predicted molar refractivity (Wildman–Crippen MR) is 132 cm³/mol. The Kier molecular flexibility index (Phi) is 6.95. The lowest BCUT2D eigenvalue weighted by molar-refractivity contribution is -0.385. The molecule has 0 amide bonds. The first-order chi connectivity index (χ1) is 17.6. The Labute approximate surface area is 211 Å². The third-order valence-corrected chi connectivity index (χ3v) is 5.29. The van der Waals surface area contributed by atoms with E-state index in [-0.39, 0.29) is 45.2 Å². The molecule has 0 atom stereocenters. The van der Waals surface area contributed by atoms with Crippen LogP contribution >= 0.6 is 11.6 Å². The SMILES string of the molecule is C#CCOc1c(C=Nn2c(-c3cccc(C(F)(F)F)c3)nc3ccccc3c2=O)cc(Cl)cc1[N+](=O)[O-]. The van der Waals surface area contributed by atoms with Gasteiger partial charge >= 0.3 is 11.9 Å².